The van der Waals surface area contributed by atoms with Crippen molar-refractivity contribution in [3.8, 4) is 0 Å². The van der Waals surface area contributed by atoms with E-state index in [9.17, 15) is 0 Å². The maximum atomic E-state index is 6.19. The molecule has 0 bridgehead atoms. The molecule has 1 heterocycles. The number of rotatable bonds is 3. The van der Waals surface area contributed by atoms with Gasteiger partial charge in [0.05, 0.1) is 27.4 Å². The van der Waals surface area contributed by atoms with Crippen LogP contribution in [0.3, 0.4) is 0 Å². The highest BCUT2D eigenvalue weighted by Gasteiger charge is 2.09. The van der Waals surface area contributed by atoms with Crippen LogP contribution in [0.1, 0.15) is 5.56 Å². The van der Waals surface area contributed by atoms with Crippen molar-refractivity contribution in [2.45, 2.75) is 6.54 Å². The molecule has 21 heavy (non-hydrogen) atoms. The van der Waals surface area contributed by atoms with E-state index in [-0.39, 0.29) is 0 Å². The summed E-state index contributed by atoms with van der Waals surface area (Å²) in [5.74, 6) is 0. The number of benzene rings is 2. The van der Waals surface area contributed by atoms with Gasteiger partial charge in [0.2, 0.25) is 0 Å². The molecular formula is C16H11Cl3N2. The first-order chi connectivity index (χ1) is 10.1. The van der Waals surface area contributed by atoms with Crippen LogP contribution in [0, 0.1) is 0 Å². The SMILES string of the molecule is Clc1ccc(Cl)c(CNc2cnc3ccccc3c2)c1Cl. The Hall–Kier alpha value is -1.48. The molecule has 0 aliphatic rings. The van der Waals surface area contributed by atoms with Gasteiger partial charge in [0.15, 0.2) is 0 Å². The van der Waals surface area contributed by atoms with E-state index in [1.54, 1.807) is 18.3 Å². The lowest BCUT2D eigenvalue weighted by Crippen LogP contribution is -2.01. The normalized spacial score (nSPS) is 10.8. The van der Waals surface area contributed by atoms with Crippen molar-refractivity contribution in [3.05, 3.63) is 69.3 Å². The van der Waals surface area contributed by atoms with E-state index in [0.29, 0.717) is 21.6 Å². The highest BCUT2D eigenvalue weighted by molar-refractivity contribution is 6.44. The maximum absolute atomic E-state index is 6.19. The molecule has 2 nitrogen and oxygen atoms in total. The minimum atomic E-state index is 0.477. The van der Waals surface area contributed by atoms with Crippen LogP contribution < -0.4 is 5.32 Å². The molecule has 1 N–H and O–H groups in total. The third-order valence-electron chi connectivity index (χ3n) is 3.20. The Balaban J connectivity index is 1.85. The molecule has 0 amide bonds. The van der Waals surface area contributed by atoms with E-state index in [1.807, 2.05) is 30.3 Å². The molecular weight excluding hydrogens is 327 g/mol. The average molecular weight is 338 g/mol. The summed E-state index contributed by atoms with van der Waals surface area (Å²) in [5, 5.41) is 5.91. The number of nitrogens with zero attached hydrogens (tertiary/aromatic N) is 1. The molecule has 3 rings (SSSR count). The number of fused-ring (bicyclic) bond motifs is 1. The van der Waals surface area contributed by atoms with E-state index in [1.165, 1.54) is 0 Å². The van der Waals surface area contributed by atoms with E-state index >= 15 is 0 Å². The Morgan fingerprint density at radius 3 is 2.57 bits per heavy atom. The van der Waals surface area contributed by atoms with Gasteiger partial charge in [-0.05, 0) is 24.3 Å². The molecule has 0 radical (unpaired) electrons. The summed E-state index contributed by atoms with van der Waals surface area (Å²) < 4.78 is 0. The van der Waals surface area contributed by atoms with Crippen molar-refractivity contribution < 1.29 is 0 Å². The lowest BCUT2D eigenvalue weighted by molar-refractivity contribution is 1.14. The summed E-state index contributed by atoms with van der Waals surface area (Å²) in [4.78, 5) is 4.40. The Labute approximate surface area is 137 Å². The van der Waals surface area contributed by atoms with Gasteiger partial charge in [-0.2, -0.15) is 0 Å². The highest BCUT2D eigenvalue weighted by Crippen LogP contribution is 2.32. The molecule has 0 fully saturated rings. The molecule has 3 aromatic rings. The third-order valence-corrected chi connectivity index (χ3v) is 4.40. The van der Waals surface area contributed by atoms with Crippen molar-refractivity contribution in [2.75, 3.05) is 5.32 Å². The average Bonchev–Trinajstić information content (AvgIpc) is 2.51. The van der Waals surface area contributed by atoms with Crippen LogP contribution in [0.2, 0.25) is 15.1 Å². The summed E-state index contributed by atoms with van der Waals surface area (Å²) in [7, 11) is 0. The van der Waals surface area contributed by atoms with Crippen LogP contribution in [-0.2, 0) is 6.54 Å². The monoisotopic (exact) mass is 336 g/mol. The molecule has 106 valence electrons. The third kappa shape index (κ3) is 3.08. The molecule has 0 unspecified atom stereocenters. The second kappa shape index (κ2) is 6.10. The van der Waals surface area contributed by atoms with Gasteiger partial charge in [-0.1, -0.05) is 53.0 Å². The van der Waals surface area contributed by atoms with E-state index < -0.39 is 0 Å². The second-order valence-electron chi connectivity index (χ2n) is 4.59. The Morgan fingerprint density at radius 1 is 0.952 bits per heavy atom. The Bertz CT molecular complexity index is 803. The number of hydrogen-bond acceptors (Lipinski definition) is 2. The molecule has 5 heteroatoms. The maximum Gasteiger partial charge on any atom is 0.0703 e. The van der Waals surface area contributed by atoms with E-state index in [0.717, 1.165) is 22.2 Å². The molecule has 0 saturated carbocycles. The second-order valence-corrected chi connectivity index (χ2v) is 5.78. The smallest absolute Gasteiger partial charge is 0.0703 e. The number of pyridine rings is 1. The lowest BCUT2D eigenvalue weighted by atomic mass is 10.2. The van der Waals surface area contributed by atoms with Crippen molar-refractivity contribution in [1.29, 1.82) is 0 Å². The largest absolute Gasteiger partial charge is 0.380 e. The van der Waals surface area contributed by atoms with Gasteiger partial charge in [-0.15, -0.1) is 0 Å². The molecule has 0 atom stereocenters. The predicted molar refractivity (Wildman–Crippen MR) is 90.5 cm³/mol. The van der Waals surface area contributed by atoms with Gasteiger partial charge in [-0.3, -0.25) is 4.98 Å². The first kappa shape index (κ1) is 14.5. The van der Waals surface area contributed by atoms with E-state index in [2.05, 4.69) is 10.3 Å². The fraction of sp³-hybridized carbons (Fsp3) is 0.0625. The number of halogens is 3. The zero-order valence-corrected chi connectivity index (χ0v) is 13.2. The molecule has 1 aromatic heterocycles. The molecule has 0 saturated heterocycles. The quantitative estimate of drug-likeness (QED) is 0.610. The Kier molecular flexibility index (Phi) is 4.20. The minimum Gasteiger partial charge on any atom is -0.380 e. The van der Waals surface area contributed by atoms with Gasteiger partial charge in [0.1, 0.15) is 0 Å². The van der Waals surface area contributed by atoms with Crippen LogP contribution in [0.15, 0.2) is 48.7 Å². The Morgan fingerprint density at radius 2 is 1.71 bits per heavy atom. The standard InChI is InChI=1S/C16H11Cl3N2/c17-13-5-6-14(18)16(19)12(13)9-20-11-7-10-3-1-2-4-15(10)21-8-11/h1-8,20H,9H2. The lowest BCUT2D eigenvalue weighted by Gasteiger charge is -2.11. The van der Waals surface area contributed by atoms with Gasteiger partial charge in [0, 0.05) is 22.5 Å². The number of aromatic nitrogens is 1. The first-order valence-electron chi connectivity index (χ1n) is 6.36. The number of hydrogen-bond donors (Lipinski definition) is 1. The van der Waals surface area contributed by atoms with Crippen LogP contribution >= 0.6 is 34.8 Å². The highest BCUT2D eigenvalue weighted by atomic mass is 35.5. The summed E-state index contributed by atoms with van der Waals surface area (Å²) in [6, 6.07) is 13.4. The van der Waals surface area contributed by atoms with Crippen molar-refractivity contribution in [3.63, 3.8) is 0 Å². The topological polar surface area (TPSA) is 24.9 Å². The number of nitrogens with one attached hydrogen (secondary N) is 1. The van der Waals surface area contributed by atoms with Gasteiger partial charge >= 0.3 is 0 Å². The van der Waals surface area contributed by atoms with Crippen molar-refractivity contribution >= 4 is 51.4 Å². The van der Waals surface area contributed by atoms with Gasteiger partial charge < -0.3 is 5.32 Å². The molecule has 0 aliphatic carbocycles. The van der Waals surface area contributed by atoms with Crippen LogP contribution in [0.25, 0.3) is 10.9 Å². The van der Waals surface area contributed by atoms with Gasteiger partial charge in [-0.25, -0.2) is 0 Å². The van der Waals surface area contributed by atoms with E-state index in [4.69, 9.17) is 34.8 Å². The molecule has 0 spiro atoms. The summed E-state index contributed by atoms with van der Waals surface area (Å²) >= 11 is 18.4. The fourth-order valence-corrected chi connectivity index (χ4v) is 2.77. The fourth-order valence-electron chi connectivity index (χ4n) is 2.09. The van der Waals surface area contributed by atoms with Gasteiger partial charge in [0.25, 0.3) is 0 Å². The molecule has 0 aliphatic heterocycles. The summed E-state index contributed by atoms with van der Waals surface area (Å²) in [6.45, 7) is 0.484. The number of anilines is 1. The first-order valence-corrected chi connectivity index (χ1v) is 7.49. The van der Waals surface area contributed by atoms with Crippen molar-refractivity contribution in [2.24, 2.45) is 0 Å². The summed E-state index contributed by atoms with van der Waals surface area (Å²) in [5.41, 5.74) is 2.64. The summed E-state index contributed by atoms with van der Waals surface area (Å²) in [6.07, 6.45) is 1.79. The predicted octanol–water partition coefficient (Wildman–Crippen LogP) is 5.81. The molecule has 2 aromatic carbocycles. The van der Waals surface area contributed by atoms with Crippen LogP contribution in [0.4, 0.5) is 5.69 Å². The van der Waals surface area contributed by atoms with Crippen LogP contribution in [-0.4, -0.2) is 4.98 Å². The van der Waals surface area contributed by atoms with Crippen LogP contribution in [0.5, 0.6) is 0 Å². The minimum absolute atomic E-state index is 0.477. The number of para-hydroxylation sites is 1. The zero-order chi connectivity index (χ0) is 14.8. The zero-order valence-electron chi connectivity index (χ0n) is 10.9. The van der Waals surface area contributed by atoms with Crippen molar-refractivity contribution in [1.82, 2.24) is 4.98 Å².